The van der Waals surface area contributed by atoms with Gasteiger partial charge in [0.25, 0.3) is 5.56 Å². The highest BCUT2D eigenvalue weighted by Crippen LogP contribution is 2.15. The summed E-state index contributed by atoms with van der Waals surface area (Å²) in [4.78, 5) is 28.6. The van der Waals surface area contributed by atoms with Crippen molar-refractivity contribution in [2.45, 2.75) is 6.42 Å². The van der Waals surface area contributed by atoms with Gasteiger partial charge in [0.1, 0.15) is 12.2 Å². The number of aromatic amines is 1. The molecule has 0 unspecified atom stereocenters. The van der Waals surface area contributed by atoms with E-state index in [-0.39, 0.29) is 17.8 Å². The molecule has 0 saturated heterocycles. The molecule has 2 aromatic rings. The average molecular weight is 283 g/mol. The van der Waals surface area contributed by atoms with Crippen molar-refractivity contribution >= 4 is 32.8 Å². The van der Waals surface area contributed by atoms with Crippen LogP contribution in [0.3, 0.4) is 0 Å². The Morgan fingerprint density at radius 1 is 1.50 bits per heavy atom. The van der Waals surface area contributed by atoms with E-state index in [1.165, 1.54) is 0 Å². The molecule has 0 amide bonds. The number of nitrogens with one attached hydrogen (secondary N) is 1. The monoisotopic (exact) mass is 282 g/mol. The number of aliphatic carboxylic acids is 1. The highest BCUT2D eigenvalue weighted by molar-refractivity contribution is 9.10. The molecule has 0 saturated carbocycles. The van der Waals surface area contributed by atoms with Crippen LogP contribution in [0.4, 0.5) is 0 Å². The number of hydrogen-bond acceptors (Lipinski definition) is 3. The topological polar surface area (TPSA) is 83.0 Å². The predicted molar refractivity (Wildman–Crippen MR) is 61.4 cm³/mol. The molecule has 0 atom stereocenters. The summed E-state index contributed by atoms with van der Waals surface area (Å²) in [6, 6.07) is 5.04. The molecular weight excluding hydrogens is 276 g/mol. The van der Waals surface area contributed by atoms with E-state index < -0.39 is 5.97 Å². The van der Waals surface area contributed by atoms with Crippen molar-refractivity contribution in [3.05, 3.63) is 38.9 Å². The number of benzene rings is 1. The molecule has 0 spiro atoms. The first kappa shape index (κ1) is 10.8. The Morgan fingerprint density at radius 2 is 2.25 bits per heavy atom. The zero-order chi connectivity index (χ0) is 11.7. The summed E-state index contributed by atoms with van der Waals surface area (Å²) >= 11 is 3.26. The summed E-state index contributed by atoms with van der Waals surface area (Å²) in [6.07, 6.45) is -0.294. The molecule has 0 aliphatic carbocycles. The number of rotatable bonds is 2. The Kier molecular flexibility index (Phi) is 2.74. The number of carboxylic acid groups (broad SMARTS) is 1. The summed E-state index contributed by atoms with van der Waals surface area (Å²) in [5.74, 6) is -0.874. The van der Waals surface area contributed by atoms with E-state index in [2.05, 4.69) is 25.9 Å². The molecule has 2 rings (SSSR count). The molecule has 0 aliphatic rings. The first-order valence-corrected chi connectivity index (χ1v) is 5.26. The number of aromatic nitrogens is 2. The van der Waals surface area contributed by atoms with Gasteiger partial charge < -0.3 is 10.1 Å². The molecule has 0 radical (unpaired) electrons. The lowest BCUT2D eigenvalue weighted by Crippen LogP contribution is -2.14. The van der Waals surface area contributed by atoms with Crippen molar-refractivity contribution in [1.29, 1.82) is 0 Å². The molecule has 0 bridgehead atoms. The maximum atomic E-state index is 11.6. The number of carbonyl (C=O) groups is 1. The molecule has 1 heterocycles. The van der Waals surface area contributed by atoms with Crippen LogP contribution in [0.2, 0.25) is 0 Å². The standard InChI is InChI=1S/C10H7BrN2O3/c11-5-1-2-6-7(3-5)12-8(4-9(14)15)13-10(6)16/h1-3H,4H2,(H,14,15)(H,12,13,16). The second kappa shape index (κ2) is 4.05. The van der Waals surface area contributed by atoms with Crippen molar-refractivity contribution < 1.29 is 9.90 Å². The van der Waals surface area contributed by atoms with Crippen LogP contribution in [0.5, 0.6) is 0 Å². The summed E-state index contributed by atoms with van der Waals surface area (Å²) in [5, 5.41) is 9.06. The maximum Gasteiger partial charge on any atom is 0.311 e. The molecule has 2 N–H and O–H groups in total. The number of halogens is 1. The third-order valence-corrected chi connectivity index (χ3v) is 2.53. The fraction of sp³-hybridized carbons (Fsp3) is 0.100. The minimum atomic E-state index is -1.03. The van der Waals surface area contributed by atoms with E-state index in [4.69, 9.17) is 5.11 Å². The van der Waals surface area contributed by atoms with E-state index in [1.807, 2.05) is 0 Å². The predicted octanol–water partition coefficient (Wildman–Crippen LogP) is 1.31. The van der Waals surface area contributed by atoms with Gasteiger partial charge in [-0.05, 0) is 18.2 Å². The van der Waals surface area contributed by atoms with Crippen molar-refractivity contribution in [2.24, 2.45) is 0 Å². The smallest absolute Gasteiger partial charge is 0.311 e. The number of fused-ring (bicyclic) bond motifs is 1. The third-order valence-electron chi connectivity index (χ3n) is 2.04. The Hall–Kier alpha value is -1.69. The molecule has 1 aromatic heterocycles. The van der Waals surface area contributed by atoms with Gasteiger partial charge in [-0.25, -0.2) is 4.98 Å². The lowest BCUT2D eigenvalue weighted by atomic mass is 10.2. The Morgan fingerprint density at radius 3 is 2.94 bits per heavy atom. The molecule has 0 aliphatic heterocycles. The van der Waals surface area contributed by atoms with E-state index in [0.29, 0.717) is 10.9 Å². The van der Waals surface area contributed by atoms with Crippen LogP contribution in [0, 0.1) is 0 Å². The van der Waals surface area contributed by atoms with Crippen LogP contribution >= 0.6 is 15.9 Å². The van der Waals surface area contributed by atoms with Crippen molar-refractivity contribution in [3.8, 4) is 0 Å². The minimum absolute atomic E-state index is 0.156. The van der Waals surface area contributed by atoms with Gasteiger partial charge in [-0.1, -0.05) is 15.9 Å². The van der Waals surface area contributed by atoms with Gasteiger partial charge in [0, 0.05) is 4.47 Å². The fourth-order valence-corrected chi connectivity index (χ4v) is 1.74. The van der Waals surface area contributed by atoms with Gasteiger partial charge in [-0.15, -0.1) is 0 Å². The highest BCUT2D eigenvalue weighted by atomic mass is 79.9. The summed E-state index contributed by atoms with van der Waals surface area (Å²) in [5.41, 5.74) is 0.156. The second-order valence-corrected chi connectivity index (χ2v) is 4.16. The number of nitrogens with zero attached hydrogens (tertiary/aromatic N) is 1. The lowest BCUT2D eigenvalue weighted by Gasteiger charge is -2.00. The van der Waals surface area contributed by atoms with Gasteiger partial charge in [-0.3, -0.25) is 9.59 Å². The van der Waals surface area contributed by atoms with Crippen LogP contribution in [0.1, 0.15) is 5.82 Å². The van der Waals surface area contributed by atoms with Crippen LogP contribution in [-0.2, 0) is 11.2 Å². The number of carboxylic acids is 1. The Balaban J connectivity index is 2.65. The van der Waals surface area contributed by atoms with Crippen LogP contribution in [0.15, 0.2) is 27.5 Å². The second-order valence-electron chi connectivity index (χ2n) is 3.24. The van der Waals surface area contributed by atoms with Gasteiger partial charge in [0.15, 0.2) is 0 Å². The minimum Gasteiger partial charge on any atom is -0.481 e. The summed E-state index contributed by atoms with van der Waals surface area (Å²) < 4.78 is 0.791. The van der Waals surface area contributed by atoms with Crippen LogP contribution < -0.4 is 5.56 Å². The summed E-state index contributed by atoms with van der Waals surface area (Å²) in [6.45, 7) is 0. The van der Waals surface area contributed by atoms with E-state index in [0.717, 1.165) is 4.47 Å². The van der Waals surface area contributed by atoms with E-state index in [9.17, 15) is 9.59 Å². The van der Waals surface area contributed by atoms with E-state index in [1.54, 1.807) is 18.2 Å². The van der Waals surface area contributed by atoms with Crippen molar-refractivity contribution in [2.75, 3.05) is 0 Å². The SMILES string of the molecule is O=C(O)Cc1nc2cc(Br)ccc2c(=O)[nH]1. The maximum absolute atomic E-state index is 11.6. The lowest BCUT2D eigenvalue weighted by molar-refractivity contribution is -0.136. The van der Waals surface area contributed by atoms with Crippen molar-refractivity contribution in [3.63, 3.8) is 0 Å². The van der Waals surface area contributed by atoms with Crippen LogP contribution in [-0.4, -0.2) is 21.0 Å². The van der Waals surface area contributed by atoms with Gasteiger partial charge in [-0.2, -0.15) is 0 Å². The zero-order valence-corrected chi connectivity index (χ0v) is 9.61. The van der Waals surface area contributed by atoms with Gasteiger partial charge in [0.05, 0.1) is 10.9 Å². The third kappa shape index (κ3) is 2.11. The molecule has 82 valence electrons. The Labute approximate surface area is 98.3 Å². The molecular formula is C10H7BrN2O3. The first-order valence-electron chi connectivity index (χ1n) is 4.46. The molecule has 16 heavy (non-hydrogen) atoms. The highest BCUT2D eigenvalue weighted by Gasteiger charge is 2.07. The Bertz CT molecular complexity index is 621. The van der Waals surface area contributed by atoms with E-state index >= 15 is 0 Å². The zero-order valence-electron chi connectivity index (χ0n) is 8.03. The molecule has 5 nitrogen and oxygen atoms in total. The normalized spacial score (nSPS) is 10.6. The largest absolute Gasteiger partial charge is 0.481 e. The van der Waals surface area contributed by atoms with Gasteiger partial charge in [0.2, 0.25) is 0 Å². The molecule has 6 heteroatoms. The van der Waals surface area contributed by atoms with Gasteiger partial charge >= 0.3 is 5.97 Å². The summed E-state index contributed by atoms with van der Waals surface area (Å²) in [7, 11) is 0. The van der Waals surface area contributed by atoms with Crippen molar-refractivity contribution in [1.82, 2.24) is 9.97 Å². The quantitative estimate of drug-likeness (QED) is 0.870. The molecule has 1 aromatic carbocycles. The average Bonchev–Trinajstić information content (AvgIpc) is 2.15. The van der Waals surface area contributed by atoms with Crippen LogP contribution in [0.25, 0.3) is 10.9 Å². The fourth-order valence-electron chi connectivity index (χ4n) is 1.39. The number of H-pyrrole nitrogens is 1. The first-order chi connectivity index (χ1) is 7.56. The number of hydrogen-bond donors (Lipinski definition) is 2. The molecule has 0 fully saturated rings.